The molecule has 47 valence electrons. The van der Waals surface area contributed by atoms with Crippen molar-refractivity contribution >= 4 is 0 Å². The van der Waals surface area contributed by atoms with Crippen LogP contribution in [0.5, 0.6) is 0 Å². The van der Waals surface area contributed by atoms with Crippen LogP contribution in [0.3, 0.4) is 0 Å². The van der Waals surface area contributed by atoms with E-state index in [0.717, 1.165) is 5.69 Å². The van der Waals surface area contributed by atoms with E-state index in [2.05, 4.69) is 24.9 Å². The van der Waals surface area contributed by atoms with Gasteiger partial charge in [-0.15, -0.1) is 0 Å². The zero-order valence-electron chi connectivity index (χ0n) is 5.76. The monoisotopic (exact) mass is 120 g/mol. The Hall–Kier alpha value is -0.850. The molecule has 0 fully saturated rings. The van der Waals surface area contributed by atoms with Crippen LogP contribution in [-0.2, 0) is 0 Å². The second-order valence-electron chi connectivity index (χ2n) is 2.34. The normalized spacial score (nSPS) is 10.1. The van der Waals surface area contributed by atoms with Gasteiger partial charge in [-0.3, -0.25) is 4.98 Å². The van der Waals surface area contributed by atoms with E-state index in [0.29, 0.717) is 5.92 Å². The first-order chi connectivity index (χ1) is 4.30. The van der Waals surface area contributed by atoms with Crippen LogP contribution in [0.2, 0.25) is 0 Å². The molecule has 1 aromatic heterocycles. The molecule has 1 radical (unpaired) electrons. The Morgan fingerprint density at radius 1 is 1.56 bits per heavy atom. The second kappa shape index (κ2) is 2.62. The summed E-state index contributed by atoms with van der Waals surface area (Å²) in [5.74, 6) is 0.527. The summed E-state index contributed by atoms with van der Waals surface area (Å²) in [7, 11) is 0. The van der Waals surface area contributed by atoms with Crippen LogP contribution in [0, 0.1) is 6.07 Å². The lowest BCUT2D eigenvalue weighted by Crippen LogP contribution is -1.89. The van der Waals surface area contributed by atoms with Crippen LogP contribution in [-0.4, -0.2) is 4.98 Å². The molecule has 0 aliphatic carbocycles. The van der Waals surface area contributed by atoms with Gasteiger partial charge in [0.25, 0.3) is 0 Å². The maximum absolute atomic E-state index is 4.12. The first kappa shape index (κ1) is 6.27. The SMILES string of the molecule is CC(C)c1cc[c]cn1. The minimum absolute atomic E-state index is 0.527. The van der Waals surface area contributed by atoms with Crippen molar-refractivity contribution in [2.45, 2.75) is 19.8 Å². The molecule has 0 spiro atoms. The van der Waals surface area contributed by atoms with Crippen LogP contribution >= 0.6 is 0 Å². The zero-order valence-corrected chi connectivity index (χ0v) is 5.76. The van der Waals surface area contributed by atoms with Gasteiger partial charge in [0.1, 0.15) is 0 Å². The quantitative estimate of drug-likeness (QED) is 0.552. The van der Waals surface area contributed by atoms with Gasteiger partial charge >= 0.3 is 0 Å². The van der Waals surface area contributed by atoms with Crippen LogP contribution in [0.25, 0.3) is 0 Å². The van der Waals surface area contributed by atoms with Gasteiger partial charge in [-0.05, 0) is 12.0 Å². The van der Waals surface area contributed by atoms with E-state index >= 15 is 0 Å². The van der Waals surface area contributed by atoms with Crippen molar-refractivity contribution in [3.63, 3.8) is 0 Å². The number of nitrogens with zero attached hydrogens (tertiary/aromatic N) is 1. The molecule has 0 N–H and O–H groups in total. The van der Waals surface area contributed by atoms with E-state index in [9.17, 15) is 0 Å². The fourth-order valence-electron chi connectivity index (χ4n) is 0.673. The van der Waals surface area contributed by atoms with Crippen molar-refractivity contribution in [2.75, 3.05) is 0 Å². The average Bonchev–Trinajstić information content (AvgIpc) is 1.90. The Morgan fingerprint density at radius 2 is 2.33 bits per heavy atom. The molecule has 0 aliphatic heterocycles. The number of hydrogen-bond donors (Lipinski definition) is 0. The molecule has 0 amide bonds. The second-order valence-corrected chi connectivity index (χ2v) is 2.34. The van der Waals surface area contributed by atoms with E-state index in [1.165, 1.54) is 0 Å². The highest BCUT2D eigenvalue weighted by Crippen LogP contribution is 2.08. The Labute approximate surface area is 55.7 Å². The first-order valence-corrected chi connectivity index (χ1v) is 3.12. The van der Waals surface area contributed by atoms with Gasteiger partial charge in [0, 0.05) is 18.0 Å². The highest BCUT2D eigenvalue weighted by atomic mass is 14.7. The molecular formula is C8H10N. The molecule has 1 rings (SSSR count). The van der Waals surface area contributed by atoms with Crippen LogP contribution < -0.4 is 0 Å². The fourth-order valence-corrected chi connectivity index (χ4v) is 0.673. The molecule has 0 saturated heterocycles. The average molecular weight is 120 g/mol. The molecule has 0 unspecified atom stereocenters. The summed E-state index contributed by atoms with van der Waals surface area (Å²) in [6, 6.07) is 6.76. The lowest BCUT2D eigenvalue weighted by atomic mass is 10.1. The Morgan fingerprint density at radius 3 is 2.67 bits per heavy atom. The van der Waals surface area contributed by atoms with Crippen molar-refractivity contribution in [3.8, 4) is 0 Å². The number of hydrogen-bond acceptors (Lipinski definition) is 1. The van der Waals surface area contributed by atoms with Gasteiger partial charge < -0.3 is 0 Å². The third-order valence-corrected chi connectivity index (χ3v) is 1.23. The summed E-state index contributed by atoms with van der Waals surface area (Å²) in [5, 5.41) is 0. The summed E-state index contributed by atoms with van der Waals surface area (Å²) < 4.78 is 0. The first-order valence-electron chi connectivity index (χ1n) is 3.12. The standard InChI is InChI=1S/C8H10N/c1-7(2)8-5-3-4-6-9-8/h3,5-7H,1-2H3. The summed E-state index contributed by atoms with van der Waals surface area (Å²) in [6.45, 7) is 4.25. The lowest BCUT2D eigenvalue weighted by molar-refractivity contribution is 0.822. The fraction of sp³-hybridized carbons (Fsp3) is 0.375. The number of rotatable bonds is 1. The van der Waals surface area contributed by atoms with E-state index in [-0.39, 0.29) is 0 Å². The van der Waals surface area contributed by atoms with E-state index in [1.807, 2.05) is 12.1 Å². The predicted molar refractivity (Wildman–Crippen MR) is 37.2 cm³/mol. The highest BCUT2D eigenvalue weighted by Gasteiger charge is 1.95. The minimum atomic E-state index is 0.527. The third-order valence-electron chi connectivity index (χ3n) is 1.23. The van der Waals surface area contributed by atoms with Crippen molar-refractivity contribution in [1.29, 1.82) is 0 Å². The molecule has 0 atom stereocenters. The molecule has 9 heavy (non-hydrogen) atoms. The van der Waals surface area contributed by atoms with Crippen LogP contribution in [0.1, 0.15) is 25.5 Å². The molecule has 0 aliphatic rings. The molecule has 0 bridgehead atoms. The van der Waals surface area contributed by atoms with Crippen molar-refractivity contribution in [1.82, 2.24) is 4.98 Å². The Bertz CT molecular complexity index is 167. The molecule has 1 nitrogen and oxygen atoms in total. The summed E-state index contributed by atoms with van der Waals surface area (Å²) in [5.41, 5.74) is 1.13. The van der Waals surface area contributed by atoms with Gasteiger partial charge in [-0.25, -0.2) is 0 Å². The van der Waals surface area contributed by atoms with Gasteiger partial charge in [-0.2, -0.15) is 0 Å². The molecule has 1 heteroatoms. The topological polar surface area (TPSA) is 12.9 Å². The van der Waals surface area contributed by atoms with E-state index in [4.69, 9.17) is 0 Å². The summed E-state index contributed by atoms with van der Waals surface area (Å²) in [4.78, 5) is 4.12. The minimum Gasteiger partial charge on any atom is -0.260 e. The van der Waals surface area contributed by atoms with Gasteiger partial charge in [0.15, 0.2) is 0 Å². The Kier molecular flexibility index (Phi) is 1.83. The van der Waals surface area contributed by atoms with Crippen molar-refractivity contribution in [2.24, 2.45) is 0 Å². The molecule has 1 aromatic rings. The maximum atomic E-state index is 4.12. The summed E-state index contributed by atoms with van der Waals surface area (Å²) >= 11 is 0. The molecule has 0 saturated carbocycles. The van der Waals surface area contributed by atoms with Gasteiger partial charge in [-0.1, -0.05) is 19.9 Å². The maximum Gasteiger partial charge on any atom is 0.0429 e. The van der Waals surface area contributed by atoms with Gasteiger partial charge in [0.2, 0.25) is 0 Å². The third kappa shape index (κ3) is 1.53. The molecular weight excluding hydrogens is 110 g/mol. The number of pyridine rings is 1. The van der Waals surface area contributed by atoms with Crippen molar-refractivity contribution < 1.29 is 0 Å². The Balaban J connectivity index is 2.85. The molecule has 1 heterocycles. The van der Waals surface area contributed by atoms with Crippen LogP contribution in [0.15, 0.2) is 18.3 Å². The van der Waals surface area contributed by atoms with Crippen molar-refractivity contribution in [3.05, 3.63) is 30.1 Å². The van der Waals surface area contributed by atoms with Crippen LogP contribution in [0.4, 0.5) is 0 Å². The van der Waals surface area contributed by atoms with E-state index in [1.54, 1.807) is 6.20 Å². The molecule has 0 aromatic carbocycles. The smallest absolute Gasteiger partial charge is 0.0429 e. The largest absolute Gasteiger partial charge is 0.260 e. The zero-order chi connectivity index (χ0) is 6.69. The predicted octanol–water partition coefficient (Wildman–Crippen LogP) is 2.01. The van der Waals surface area contributed by atoms with Gasteiger partial charge in [0.05, 0.1) is 0 Å². The highest BCUT2D eigenvalue weighted by molar-refractivity contribution is 5.05. The number of aromatic nitrogens is 1. The van der Waals surface area contributed by atoms with E-state index < -0.39 is 0 Å². The summed E-state index contributed by atoms with van der Waals surface area (Å²) in [6.07, 6.45) is 1.70. The lowest BCUT2D eigenvalue weighted by Gasteiger charge is -2.00.